The molecule has 0 aliphatic heterocycles. The van der Waals surface area contributed by atoms with Gasteiger partial charge in [-0.25, -0.2) is 0 Å². The van der Waals surface area contributed by atoms with Crippen molar-refractivity contribution in [3.8, 4) is 0 Å². The van der Waals surface area contributed by atoms with Crippen LogP contribution in [0.5, 0.6) is 0 Å². The summed E-state index contributed by atoms with van der Waals surface area (Å²) in [6.07, 6.45) is 10.1. The van der Waals surface area contributed by atoms with Crippen LogP contribution in [0.1, 0.15) is 5.56 Å². The zero-order valence-electron chi connectivity index (χ0n) is 9.58. The van der Waals surface area contributed by atoms with Gasteiger partial charge in [-0.3, -0.25) is 4.99 Å². The highest BCUT2D eigenvalue weighted by Gasteiger charge is 1.97. The molecular formula is C15H15NO. The first kappa shape index (κ1) is 11.6. The standard InChI is InChI=1S/C15H15NO/c17-11-10-16-15-8-6-14(7-9-15)12-13-4-2-1-3-5-13/h1-9,12,17H,10-11H2. The van der Waals surface area contributed by atoms with E-state index in [-0.39, 0.29) is 6.61 Å². The van der Waals surface area contributed by atoms with E-state index in [1.165, 1.54) is 5.56 Å². The summed E-state index contributed by atoms with van der Waals surface area (Å²) in [7, 11) is 0. The first-order valence-corrected chi connectivity index (χ1v) is 5.67. The average molecular weight is 225 g/mol. The third kappa shape index (κ3) is 3.54. The lowest BCUT2D eigenvalue weighted by Crippen LogP contribution is -1.97. The summed E-state index contributed by atoms with van der Waals surface area (Å²) in [6.45, 7) is 0.555. The van der Waals surface area contributed by atoms with Crippen molar-refractivity contribution in [3.05, 3.63) is 65.8 Å². The molecule has 1 aromatic carbocycles. The summed E-state index contributed by atoms with van der Waals surface area (Å²) in [4.78, 5) is 4.21. The zero-order valence-corrected chi connectivity index (χ0v) is 9.58. The highest BCUT2D eigenvalue weighted by Crippen LogP contribution is 2.12. The van der Waals surface area contributed by atoms with Crippen molar-refractivity contribution < 1.29 is 5.11 Å². The number of aliphatic hydroxyl groups is 1. The summed E-state index contributed by atoms with van der Waals surface area (Å²) < 4.78 is 0. The SMILES string of the molecule is OCCN=C1C=CC(=Cc2ccccc2)C=C1. The molecule has 1 aliphatic rings. The molecule has 0 bridgehead atoms. The van der Waals surface area contributed by atoms with Crippen molar-refractivity contribution in [1.82, 2.24) is 0 Å². The third-order valence-electron chi connectivity index (χ3n) is 2.42. The topological polar surface area (TPSA) is 32.6 Å². The van der Waals surface area contributed by atoms with Crippen molar-refractivity contribution >= 4 is 11.8 Å². The Kier molecular flexibility index (Phi) is 4.05. The molecule has 1 aliphatic carbocycles. The number of nitrogens with zero attached hydrogens (tertiary/aromatic N) is 1. The molecule has 2 rings (SSSR count). The number of rotatable bonds is 3. The van der Waals surface area contributed by atoms with Crippen LogP contribution in [0.15, 0.2) is 65.2 Å². The molecule has 1 aromatic rings. The van der Waals surface area contributed by atoms with Gasteiger partial charge in [-0.2, -0.15) is 0 Å². The lowest BCUT2D eigenvalue weighted by molar-refractivity contribution is 0.307. The maximum atomic E-state index is 8.68. The van der Waals surface area contributed by atoms with Crippen molar-refractivity contribution in [3.63, 3.8) is 0 Å². The molecule has 0 amide bonds. The van der Waals surface area contributed by atoms with Crippen molar-refractivity contribution in [2.24, 2.45) is 4.99 Å². The van der Waals surface area contributed by atoms with Gasteiger partial charge in [0.25, 0.3) is 0 Å². The van der Waals surface area contributed by atoms with Crippen molar-refractivity contribution in [2.45, 2.75) is 0 Å². The highest BCUT2D eigenvalue weighted by atomic mass is 16.3. The van der Waals surface area contributed by atoms with E-state index in [9.17, 15) is 0 Å². The Morgan fingerprint density at radius 1 is 1.00 bits per heavy atom. The lowest BCUT2D eigenvalue weighted by atomic mass is 10.1. The number of hydrogen-bond donors (Lipinski definition) is 1. The fraction of sp³-hybridized carbons (Fsp3) is 0.133. The fourth-order valence-corrected chi connectivity index (χ4v) is 1.60. The second-order valence-corrected chi connectivity index (χ2v) is 3.75. The van der Waals surface area contributed by atoms with Crippen LogP contribution in [0, 0.1) is 0 Å². The van der Waals surface area contributed by atoms with Crippen LogP contribution >= 0.6 is 0 Å². The number of aliphatic hydroxyl groups excluding tert-OH is 1. The van der Waals surface area contributed by atoms with Crippen molar-refractivity contribution in [1.29, 1.82) is 0 Å². The normalized spacial score (nSPS) is 13.9. The number of aliphatic imine (C=N–C) groups is 1. The van der Waals surface area contributed by atoms with E-state index in [2.05, 4.69) is 23.2 Å². The van der Waals surface area contributed by atoms with E-state index in [1.807, 2.05) is 42.5 Å². The molecule has 0 radical (unpaired) electrons. The summed E-state index contributed by atoms with van der Waals surface area (Å²) in [5.41, 5.74) is 3.25. The van der Waals surface area contributed by atoms with Crippen LogP contribution in [-0.2, 0) is 0 Å². The minimum Gasteiger partial charge on any atom is -0.394 e. The molecule has 1 N–H and O–H groups in total. The summed E-state index contributed by atoms with van der Waals surface area (Å²) in [6, 6.07) is 10.2. The van der Waals surface area contributed by atoms with Crippen LogP contribution in [0.3, 0.4) is 0 Å². The minimum atomic E-state index is 0.0951. The van der Waals surface area contributed by atoms with E-state index in [0.717, 1.165) is 11.3 Å². The summed E-state index contributed by atoms with van der Waals surface area (Å²) in [5, 5.41) is 8.68. The first-order chi connectivity index (χ1) is 8.38. The van der Waals surface area contributed by atoms with Crippen LogP contribution in [-0.4, -0.2) is 24.0 Å². The fourth-order valence-electron chi connectivity index (χ4n) is 1.60. The van der Waals surface area contributed by atoms with Crippen LogP contribution < -0.4 is 0 Å². The molecular weight excluding hydrogens is 210 g/mol. The van der Waals surface area contributed by atoms with Gasteiger partial charge in [0.2, 0.25) is 0 Å². The van der Waals surface area contributed by atoms with Crippen LogP contribution in [0.2, 0.25) is 0 Å². The van der Waals surface area contributed by atoms with Gasteiger partial charge in [0.15, 0.2) is 0 Å². The maximum absolute atomic E-state index is 8.68. The quantitative estimate of drug-likeness (QED) is 0.842. The summed E-state index contributed by atoms with van der Waals surface area (Å²) >= 11 is 0. The Labute approximate surface area is 101 Å². The third-order valence-corrected chi connectivity index (χ3v) is 2.42. The van der Waals surface area contributed by atoms with Gasteiger partial charge in [0.05, 0.1) is 18.9 Å². The zero-order chi connectivity index (χ0) is 11.9. The predicted octanol–water partition coefficient (Wildman–Crippen LogP) is 2.63. The average Bonchev–Trinajstić information content (AvgIpc) is 2.39. The molecule has 0 saturated carbocycles. The molecule has 0 spiro atoms. The van der Waals surface area contributed by atoms with Gasteiger partial charge >= 0.3 is 0 Å². The molecule has 0 heterocycles. The second kappa shape index (κ2) is 5.97. The molecule has 17 heavy (non-hydrogen) atoms. The predicted molar refractivity (Wildman–Crippen MR) is 72.1 cm³/mol. The highest BCUT2D eigenvalue weighted by molar-refractivity contribution is 6.06. The minimum absolute atomic E-state index is 0.0951. The number of hydrogen-bond acceptors (Lipinski definition) is 2. The number of allylic oxidation sites excluding steroid dienone is 5. The molecule has 2 heteroatoms. The largest absolute Gasteiger partial charge is 0.394 e. The number of benzene rings is 1. The van der Waals surface area contributed by atoms with Gasteiger partial charge in [-0.05, 0) is 29.4 Å². The van der Waals surface area contributed by atoms with Gasteiger partial charge in [0.1, 0.15) is 0 Å². The molecule has 0 atom stereocenters. The summed E-state index contributed by atoms with van der Waals surface area (Å²) in [5.74, 6) is 0. The maximum Gasteiger partial charge on any atom is 0.0628 e. The van der Waals surface area contributed by atoms with Gasteiger partial charge in [-0.1, -0.05) is 42.5 Å². The van der Waals surface area contributed by atoms with Gasteiger partial charge < -0.3 is 5.11 Å². The van der Waals surface area contributed by atoms with Gasteiger partial charge in [-0.15, -0.1) is 0 Å². The van der Waals surface area contributed by atoms with E-state index in [4.69, 9.17) is 5.11 Å². The molecule has 0 saturated heterocycles. The molecule has 0 fully saturated rings. The van der Waals surface area contributed by atoms with E-state index < -0.39 is 0 Å². The van der Waals surface area contributed by atoms with E-state index >= 15 is 0 Å². The Balaban J connectivity index is 2.08. The Morgan fingerprint density at radius 3 is 2.35 bits per heavy atom. The lowest BCUT2D eigenvalue weighted by Gasteiger charge is -2.03. The Bertz CT molecular complexity index is 463. The molecule has 0 aromatic heterocycles. The Hall–Kier alpha value is -1.93. The molecule has 86 valence electrons. The smallest absolute Gasteiger partial charge is 0.0628 e. The van der Waals surface area contributed by atoms with Crippen molar-refractivity contribution in [2.75, 3.05) is 13.2 Å². The van der Waals surface area contributed by atoms with E-state index in [1.54, 1.807) is 0 Å². The van der Waals surface area contributed by atoms with Gasteiger partial charge in [0, 0.05) is 0 Å². The molecule has 2 nitrogen and oxygen atoms in total. The van der Waals surface area contributed by atoms with Crippen LogP contribution in [0.25, 0.3) is 6.08 Å². The monoisotopic (exact) mass is 225 g/mol. The molecule has 0 unspecified atom stereocenters. The Morgan fingerprint density at radius 2 is 1.71 bits per heavy atom. The van der Waals surface area contributed by atoms with Crippen LogP contribution in [0.4, 0.5) is 0 Å². The first-order valence-electron chi connectivity index (χ1n) is 5.67. The van der Waals surface area contributed by atoms with E-state index in [0.29, 0.717) is 6.54 Å². The second-order valence-electron chi connectivity index (χ2n) is 3.75.